The number of carbonyl (C=O) groups is 2. The Labute approximate surface area is 154 Å². The highest BCUT2D eigenvalue weighted by Gasteiger charge is 2.21. The first-order valence-electron chi connectivity index (χ1n) is 7.61. The molecule has 6 heteroatoms. The molecule has 0 atom stereocenters. The van der Waals surface area contributed by atoms with Crippen molar-refractivity contribution in [2.45, 2.75) is 13.8 Å². The minimum absolute atomic E-state index is 0.105. The molecule has 0 aliphatic heterocycles. The van der Waals surface area contributed by atoms with Crippen molar-refractivity contribution in [2.75, 3.05) is 5.88 Å². The first-order valence-corrected chi connectivity index (χ1v) is 8.52. The summed E-state index contributed by atoms with van der Waals surface area (Å²) in [4.78, 5) is 23.6. The molecular weight excluding hydrogens is 361 g/mol. The summed E-state index contributed by atoms with van der Waals surface area (Å²) in [5.74, 6) is -0.251. The number of ether oxygens (including phenoxy) is 1. The summed E-state index contributed by atoms with van der Waals surface area (Å²) < 4.78 is 7.11. The number of nitrogens with zero attached hydrogens (tertiary/aromatic N) is 1. The smallest absolute Gasteiger partial charge is 0.308 e. The number of ketones is 1. The molecule has 1 heterocycles. The molecule has 0 amide bonds. The van der Waals surface area contributed by atoms with E-state index in [-0.39, 0.29) is 11.7 Å². The average molecular weight is 376 g/mol. The van der Waals surface area contributed by atoms with Gasteiger partial charge in [0, 0.05) is 40.3 Å². The summed E-state index contributed by atoms with van der Waals surface area (Å²) in [6, 6.07) is 12.5. The molecule has 1 aromatic heterocycles. The molecule has 3 aromatic rings. The van der Waals surface area contributed by atoms with Crippen LogP contribution in [0, 0.1) is 6.92 Å². The second-order valence-corrected chi connectivity index (χ2v) is 6.31. The highest BCUT2D eigenvalue weighted by Crippen LogP contribution is 2.32. The van der Waals surface area contributed by atoms with Crippen LogP contribution in [0.5, 0.6) is 5.75 Å². The summed E-state index contributed by atoms with van der Waals surface area (Å²) in [5, 5.41) is 1.38. The zero-order valence-corrected chi connectivity index (χ0v) is 15.2. The third-order valence-electron chi connectivity index (χ3n) is 3.92. The number of halogens is 2. The Balaban J connectivity index is 2.32. The van der Waals surface area contributed by atoms with Gasteiger partial charge in [-0.3, -0.25) is 9.59 Å². The highest BCUT2D eigenvalue weighted by molar-refractivity contribution is 6.32. The fourth-order valence-corrected chi connectivity index (χ4v) is 3.23. The van der Waals surface area contributed by atoms with Crippen LogP contribution in [0.25, 0.3) is 16.6 Å². The minimum Gasteiger partial charge on any atom is -0.427 e. The van der Waals surface area contributed by atoms with Gasteiger partial charge in [-0.05, 0) is 43.3 Å². The minimum atomic E-state index is -0.405. The average Bonchev–Trinajstić information content (AvgIpc) is 2.86. The van der Waals surface area contributed by atoms with Crippen LogP contribution >= 0.6 is 23.2 Å². The van der Waals surface area contributed by atoms with Crippen LogP contribution in [0.3, 0.4) is 0 Å². The van der Waals surface area contributed by atoms with Crippen LogP contribution in [0.4, 0.5) is 0 Å². The molecule has 0 radical (unpaired) electrons. The largest absolute Gasteiger partial charge is 0.427 e. The van der Waals surface area contributed by atoms with Crippen LogP contribution in [0.1, 0.15) is 23.0 Å². The van der Waals surface area contributed by atoms with Gasteiger partial charge in [0.1, 0.15) is 5.75 Å². The van der Waals surface area contributed by atoms with Crippen LogP contribution in [-0.2, 0) is 4.79 Å². The number of hydrogen-bond acceptors (Lipinski definition) is 3. The van der Waals surface area contributed by atoms with Crippen molar-refractivity contribution in [3.63, 3.8) is 0 Å². The van der Waals surface area contributed by atoms with Gasteiger partial charge in [0.2, 0.25) is 0 Å². The van der Waals surface area contributed by atoms with E-state index in [0.29, 0.717) is 16.3 Å². The van der Waals surface area contributed by atoms with Crippen molar-refractivity contribution in [1.29, 1.82) is 0 Å². The second kappa shape index (κ2) is 6.90. The molecule has 0 bridgehead atoms. The molecule has 0 aliphatic carbocycles. The Kier molecular flexibility index (Phi) is 4.84. The fraction of sp³-hybridized carbons (Fsp3) is 0.158. The molecule has 0 N–H and O–H groups in total. The van der Waals surface area contributed by atoms with E-state index in [1.807, 2.05) is 23.6 Å². The Morgan fingerprint density at radius 3 is 2.40 bits per heavy atom. The molecule has 2 aromatic carbocycles. The van der Waals surface area contributed by atoms with E-state index in [0.717, 1.165) is 22.3 Å². The maximum atomic E-state index is 12.4. The van der Waals surface area contributed by atoms with E-state index in [1.54, 1.807) is 30.3 Å². The third-order valence-corrected chi connectivity index (χ3v) is 4.42. The van der Waals surface area contributed by atoms with Crippen LogP contribution < -0.4 is 4.74 Å². The monoisotopic (exact) mass is 375 g/mol. The number of hydrogen-bond donors (Lipinski definition) is 0. The van der Waals surface area contributed by atoms with Crippen LogP contribution in [-0.4, -0.2) is 22.2 Å². The van der Waals surface area contributed by atoms with Crippen molar-refractivity contribution in [1.82, 2.24) is 4.57 Å². The van der Waals surface area contributed by atoms with Crippen molar-refractivity contribution < 1.29 is 14.3 Å². The lowest BCUT2D eigenvalue weighted by Gasteiger charge is -2.09. The van der Waals surface area contributed by atoms with Crippen molar-refractivity contribution in [3.8, 4) is 11.4 Å². The standard InChI is InChI=1S/C19H15Cl2NO3/c1-11-19(18(24)10-20)16-8-7-15(25-12(2)23)9-17(16)22(11)14-5-3-13(21)4-6-14/h3-9H,10H2,1-2H3. The normalized spacial score (nSPS) is 10.9. The van der Waals surface area contributed by atoms with Gasteiger partial charge in [0.15, 0.2) is 5.78 Å². The number of fused-ring (bicyclic) bond motifs is 1. The van der Waals surface area contributed by atoms with Crippen LogP contribution in [0.15, 0.2) is 42.5 Å². The summed E-state index contributed by atoms with van der Waals surface area (Å²) in [6.07, 6.45) is 0. The molecule has 0 unspecified atom stereocenters. The van der Waals surface area contributed by atoms with Gasteiger partial charge < -0.3 is 9.30 Å². The quantitative estimate of drug-likeness (QED) is 0.281. The first kappa shape index (κ1) is 17.5. The molecule has 0 saturated carbocycles. The van der Waals surface area contributed by atoms with Gasteiger partial charge in [0.25, 0.3) is 0 Å². The Bertz CT molecular complexity index is 974. The lowest BCUT2D eigenvalue weighted by atomic mass is 10.1. The molecule has 0 fully saturated rings. The zero-order chi connectivity index (χ0) is 18.1. The Morgan fingerprint density at radius 2 is 1.80 bits per heavy atom. The SMILES string of the molecule is CC(=O)Oc1ccc2c(C(=O)CCl)c(C)n(-c3ccc(Cl)cc3)c2c1. The maximum absolute atomic E-state index is 12.4. The van der Waals surface area contributed by atoms with Gasteiger partial charge >= 0.3 is 5.97 Å². The molecule has 0 saturated heterocycles. The van der Waals surface area contributed by atoms with E-state index >= 15 is 0 Å². The molecule has 128 valence electrons. The molecule has 25 heavy (non-hydrogen) atoms. The second-order valence-electron chi connectivity index (χ2n) is 5.60. The summed E-state index contributed by atoms with van der Waals surface area (Å²) in [5.41, 5.74) is 2.94. The number of alkyl halides is 1. The number of Topliss-reactive ketones (excluding diaryl/α,β-unsaturated/α-hetero) is 1. The Hall–Kier alpha value is -2.30. The fourth-order valence-electron chi connectivity index (χ4n) is 2.97. The highest BCUT2D eigenvalue weighted by atomic mass is 35.5. The topological polar surface area (TPSA) is 48.3 Å². The van der Waals surface area contributed by atoms with Crippen molar-refractivity contribution in [2.24, 2.45) is 0 Å². The van der Waals surface area contributed by atoms with E-state index < -0.39 is 5.97 Å². The van der Waals surface area contributed by atoms with E-state index in [9.17, 15) is 9.59 Å². The number of esters is 1. The number of carbonyl (C=O) groups excluding carboxylic acids is 2. The van der Waals surface area contributed by atoms with Gasteiger partial charge in [-0.25, -0.2) is 0 Å². The predicted molar refractivity (Wildman–Crippen MR) is 99.4 cm³/mol. The molecule has 3 rings (SSSR count). The zero-order valence-electron chi connectivity index (χ0n) is 13.7. The molecule has 0 aliphatic rings. The summed E-state index contributed by atoms with van der Waals surface area (Å²) >= 11 is 11.8. The Morgan fingerprint density at radius 1 is 1.12 bits per heavy atom. The molecule has 0 spiro atoms. The van der Waals surface area contributed by atoms with Gasteiger partial charge in [-0.1, -0.05) is 11.6 Å². The predicted octanol–water partition coefficient (Wildman–Crippen LogP) is 4.94. The van der Waals surface area contributed by atoms with Gasteiger partial charge in [-0.15, -0.1) is 11.6 Å². The van der Waals surface area contributed by atoms with Crippen molar-refractivity contribution >= 4 is 45.9 Å². The molecular formula is C19H15Cl2NO3. The lowest BCUT2D eigenvalue weighted by Crippen LogP contribution is -2.03. The number of benzene rings is 2. The number of rotatable bonds is 4. The summed E-state index contributed by atoms with van der Waals surface area (Å²) in [7, 11) is 0. The van der Waals surface area contributed by atoms with E-state index in [2.05, 4.69) is 0 Å². The van der Waals surface area contributed by atoms with Crippen LogP contribution in [0.2, 0.25) is 5.02 Å². The third kappa shape index (κ3) is 3.28. The van der Waals surface area contributed by atoms with Gasteiger partial charge in [0.05, 0.1) is 11.4 Å². The first-order chi connectivity index (χ1) is 11.9. The van der Waals surface area contributed by atoms with E-state index in [1.165, 1.54) is 6.92 Å². The van der Waals surface area contributed by atoms with Crippen molar-refractivity contribution in [3.05, 3.63) is 58.7 Å². The number of aromatic nitrogens is 1. The van der Waals surface area contributed by atoms with Gasteiger partial charge in [-0.2, -0.15) is 0 Å². The summed E-state index contributed by atoms with van der Waals surface area (Å²) in [6.45, 7) is 3.20. The maximum Gasteiger partial charge on any atom is 0.308 e. The molecule has 4 nitrogen and oxygen atoms in total. The lowest BCUT2D eigenvalue weighted by molar-refractivity contribution is -0.131. The van der Waals surface area contributed by atoms with E-state index in [4.69, 9.17) is 27.9 Å².